The highest BCUT2D eigenvalue weighted by molar-refractivity contribution is 7.87. The molecular weight excluding hydrogens is 613 g/mol. The van der Waals surface area contributed by atoms with E-state index in [1.807, 2.05) is 27.7 Å². The number of alkyl halides is 3. The Morgan fingerprint density at radius 1 is 0.841 bits per heavy atom. The summed E-state index contributed by atoms with van der Waals surface area (Å²) in [6, 6.07) is -0.311. The van der Waals surface area contributed by atoms with Crippen molar-refractivity contribution in [3.8, 4) is 5.88 Å². The Morgan fingerprint density at radius 3 is 1.75 bits per heavy atom. The molecule has 0 bridgehead atoms. The van der Waals surface area contributed by atoms with Gasteiger partial charge in [0, 0.05) is 36.3 Å². The summed E-state index contributed by atoms with van der Waals surface area (Å²) in [5, 5.41) is 11.3. The minimum atomic E-state index is -5.85. The number of carbonyl (C=O) groups is 2. The molecule has 2 aliphatic heterocycles. The Kier molecular flexibility index (Phi) is 10.6. The smallest absolute Gasteiger partial charge is 0.444 e. The van der Waals surface area contributed by atoms with Gasteiger partial charge in [0.2, 0.25) is 0 Å². The van der Waals surface area contributed by atoms with Crippen LogP contribution in [0.2, 0.25) is 0 Å². The van der Waals surface area contributed by atoms with E-state index in [1.54, 1.807) is 32.6 Å². The van der Waals surface area contributed by atoms with Gasteiger partial charge < -0.3 is 28.6 Å². The molecule has 0 unspecified atom stereocenters. The van der Waals surface area contributed by atoms with Gasteiger partial charge in [-0.1, -0.05) is 7.43 Å². The molecule has 4 rings (SSSR count). The molecule has 0 radical (unpaired) electrons. The van der Waals surface area contributed by atoms with Gasteiger partial charge in [-0.3, -0.25) is 15.0 Å². The molecule has 2 aliphatic rings. The van der Waals surface area contributed by atoms with Crippen molar-refractivity contribution in [2.75, 3.05) is 0 Å². The average molecular weight is 655 g/mol. The van der Waals surface area contributed by atoms with Gasteiger partial charge in [0.25, 0.3) is 11.4 Å². The van der Waals surface area contributed by atoms with Gasteiger partial charge in [-0.05, 0) is 55.4 Å². The summed E-state index contributed by atoms with van der Waals surface area (Å²) < 4.78 is 74.4. The number of hydrogen-bond acceptors (Lipinski definition) is 9. The van der Waals surface area contributed by atoms with Gasteiger partial charge in [0.15, 0.2) is 0 Å². The molecule has 18 heteroatoms. The van der Waals surface area contributed by atoms with Crippen molar-refractivity contribution in [2.24, 2.45) is 0 Å². The van der Waals surface area contributed by atoms with Crippen LogP contribution in [0.1, 0.15) is 85.3 Å². The molecule has 3 N–H and O–H groups in total. The summed E-state index contributed by atoms with van der Waals surface area (Å²) in [6.45, 7) is 14.3. The molecule has 0 saturated carbocycles. The quantitative estimate of drug-likeness (QED) is 0.314. The van der Waals surface area contributed by atoms with E-state index < -0.39 is 38.8 Å². The lowest BCUT2D eigenvalue weighted by molar-refractivity contribution is -0.0502. The van der Waals surface area contributed by atoms with Crippen LogP contribution in [-0.2, 0) is 45.5 Å². The number of nitrogens with zero attached hydrogens (tertiary/aromatic N) is 3. The summed E-state index contributed by atoms with van der Waals surface area (Å²) in [5.74, 6) is -0.729. The van der Waals surface area contributed by atoms with Crippen molar-refractivity contribution in [2.45, 2.75) is 118 Å². The first-order valence-corrected chi connectivity index (χ1v) is 14.7. The van der Waals surface area contributed by atoms with Crippen LogP contribution in [0.15, 0.2) is 4.79 Å². The van der Waals surface area contributed by atoms with Crippen LogP contribution in [-0.4, -0.2) is 79.6 Å². The lowest BCUT2D eigenvalue weighted by atomic mass is 10.0. The van der Waals surface area contributed by atoms with E-state index in [9.17, 15) is 36.0 Å². The van der Waals surface area contributed by atoms with Gasteiger partial charge in [-0.15, -0.1) is 5.10 Å². The Labute approximate surface area is 253 Å². The molecule has 0 fully saturated rings. The topological polar surface area (TPSA) is 180 Å². The van der Waals surface area contributed by atoms with E-state index in [4.69, 9.17) is 9.47 Å². The largest absolute Gasteiger partial charge is 0.534 e. The summed E-state index contributed by atoms with van der Waals surface area (Å²) in [7, 11) is -5.85. The third kappa shape index (κ3) is 8.69. The maximum absolute atomic E-state index is 12.5. The van der Waals surface area contributed by atoms with Gasteiger partial charge in [-0.25, -0.2) is 9.59 Å². The molecule has 2 aromatic rings. The number of fused-ring (bicyclic) bond motifs is 2. The SMILES string of the molecule is C.C[C@H]1Cc2[nH][nH]c(=O)c2CN1C(=O)OC(C)(C)C.C[C@H]1Cc2[nH]nc(OS(=O)(=O)C(F)(F)F)c2CN1C(=O)OC(C)(C)C. The van der Waals surface area contributed by atoms with Crippen LogP contribution >= 0.6 is 0 Å². The summed E-state index contributed by atoms with van der Waals surface area (Å²) in [6.07, 6.45) is -0.178. The zero-order valence-corrected chi connectivity index (χ0v) is 25.9. The highest BCUT2D eigenvalue weighted by atomic mass is 32.2. The molecule has 250 valence electrons. The van der Waals surface area contributed by atoms with Crippen molar-refractivity contribution in [1.29, 1.82) is 0 Å². The van der Waals surface area contributed by atoms with E-state index in [0.29, 0.717) is 24.2 Å². The fraction of sp³-hybridized carbons (Fsp3) is 0.692. The predicted octanol–water partition coefficient (Wildman–Crippen LogP) is 4.34. The lowest BCUT2D eigenvalue weighted by Crippen LogP contribution is -2.45. The molecule has 0 spiro atoms. The number of amides is 2. The Bertz CT molecular complexity index is 1500. The summed E-state index contributed by atoms with van der Waals surface area (Å²) in [5.41, 5.74) is -5.05. The Balaban J connectivity index is 0.000000315. The number of carbonyl (C=O) groups excluding carboxylic acids is 2. The van der Waals surface area contributed by atoms with Crippen LogP contribution in [0.4, 0.5) is 22.8 Å². The molecule has 2 amide bonds. The van der Waals surface area contributed by atoms with Gasteiger partial charge in [-0.2, -0.15) is 21.6 Å². The Morgan fingerprint density at radius 2 is 1.30 bits per heavy atom. The van der Waals surface area contributed by atoms with E-state index in [-0.39, 0.29) is 49.7 Å². The van der Waals surface area contributed by atoms with Gasteiger partial charge in [0.05, 0.1) is 24.2 Å². The second-order valence-corrected chi connectivity index (χ2v) is 13.9. The molecule has 44 heavy (non-hydrogen) atoms. The van der Waals surface area contributed by atoms with Crippen LogP contribution in [0.25, 0.3) is 0 Å². The first-order chi connectivity index (χ1) is 19.5. The number of halogens is 3. The van der Waals surface area contributed by atoms with Gasteiger partial charge in [0.1, 0.15) is 11.2 Å². The summed E-state index contributed by atoms with van der Waals surface area (Å²) >= 11 is 0. The van der Waals surface area contributed by atoms with Crippen LogP contribution in [0, 0.1) is 0 Å². The van der Waals surface area contributed by atoms with E-state index >= 15 is 0 Å². The molecule has 4 heterocycles. The molecule has 0 saturated heterocycles. The average Bonchev–Trinajstić information content (AvgIpc) is 3.37. The van der Waals surface area contributed by atoms with E-state index in [0.717, 1.165) is 5.69 Å². The van der Waals surface area contributed by atoms with Crippen molar-refractivity contribution in [3.05, 3.63) is 32.9 Å². The van der Waals surface area contributed by atoms with Gasteiger partial charge >= 0.3 is 27.8 Å². The van der Waals surface area contributed by atoms with Crippen LogP contribution in [0.5, 0.6) is 5.88 Å². The predicted molar refractivity (Wildman–Crippen MR) is 152 cm³/mol. The lowest BCUT2D eigenvalue weighted by Gasteiger charge is -2.34. The monoisotopic (exact) mass is 654 g/mol. The second-order valence-electron chi connectivity index (χ2n) is 12.3. The molecule has 14 nitrogen and oxygen atoms in total. The zero-order valence-electron chi connectivity index (χ0n) is 25.1. The molecule has 2 atom stereocenters. The second kappa shape index (κ2) is 12.7. The molecule has 0 aliphatic carbocycles. The highest BCUT2D eigenvalue weighted by Gasteiger charge is 2.49. The third-order valence-corrected chi connectivity index (χ3v) is 7.27. The van der Waals surface area contributed by atoms with Crippen LogP contribution < -0.4 is 9.74 Å². The molecular formula is C26H41F3N6O8S. The van der Waals surface area contributed by atoms with Crippen LogP contribution in [0.3, 0.4) is 0 Å². The minimum absolute atomic E-state index is 0. The first-order valence-electron chi connectivity index (χ1n) is 13.3. The standard InChI is InChI=1S/C13H18F3N3O5S.C12H19N3O3.CH4/c1-7-5-9-8(6-19(7)11(20)23-12(2,3)4)10(18-17-9)24-25(21,22)13(14,15)16;1-7-5-9-8(10(16)14-13-9)6-15(7)11(17)18-12(2,3)4;/h7H,5-6H2,1-4H3,(H,17,18);7H,5-6H2,1-4H3,(H2,13,14,16);1H4/t2*7-;/m00./s1. The molecule has 0 aromatic carbocycles. The number of nitrogens with one attached hydrogen (secondary N) is 3. The zero-order chi connectivity index (χ0) is 32.7. The Hall–Kier alpha value is -3.70. The number of hydrogen-bond donors (Lipinski definition) is 3. The normalized spacial score (nSPS) is 18.6. The number of aromatic nitrogens is 4. The van der Waals surface area contributed by atoms with E-state index in [1.165, 1.54) is 4.90 Å². The maximum Gasteiger partial charge on any atom is 0.534 e. The maximum atomic E-state index is 12.5. The van der Waals surface area contributed by atoms with Crippen molar-refractivity contribution in [1.82, 2.24) is 30.2 Å². The number of H-pyrrole nitrogens is 3. The van der Waals surface area contributed by atoms with Crippen molar-refractivity contribution in [3.63, 3.8) is 0 Å². The van der Waals surface area contributed by atoms with Crippen molar-refractivity contribution < 1.29 is 44.8 Å². The summed E-state index contributed by atoms with van der Waals surface area (Å²) in [4.78, 5) is 38.7. The third-order valence-electron chi connectivity index (χ3n) is 6.33. The first kappa shape index (κ1) is 36.5. The fourth-order valence-electron chi connectivity index (χ4n) is 4.29. The highest BCUT2D eigenvalue weighted by Crippen LogP contribution is 2.33. The minimum Gasteiger partial charge on any atom is -0.444 e. The number of rotatable bonds is 2. The molecule has 2 aromatic heterocycles. The van der Waals surface area contributed by atoms with Crippen molar-refractivity contribution >= 4 is 22.3 Å². The van der Waals surface area contributed by atoms with E-state index in [2.05, 4.69) is 24.6 Å². The fourth-order valence-corrected chi connectivity index (χ4v) is 4.73. The number of aromatic amines is 3. The number of ether oxygens (including phenoxy) is 2.